The average molecular weight is 335 g/mol. The standard InChI is InChI=1S/C22H24OP/c1-19(17-23)18-24(20-11-5-2-6-12-20,21-13-7-3-8-14-21)22-15-9-4-10-16-22/h2-16,19,23H,17-18H2,1H3/q+1. The summed E-state index contributed by atoms with van der Waals surface area (Å²) in [5, 5.41) is 13.9. The molecule has 0 aromatic heterocycles. The van der Waals surface area contributed by atoms with Gasteiger partial charge < -0.3 is 5.11 Å². The van der Waals surface area contributed by atoms with Crippen molar-refractivity contribution in [2.45, 2.75) is 6.92 Å². The maximum atomic E-state index is 9.76. The third-order valence-corrected chi connectivity index (χ3v) is 9.20. The van der Waals surface area contributed by atoms with Crippen LogP contribution in [-0.4, -0.2) is 17.9 Å². The Kier molecular flexibility index (Phi) is 5.45. The van der Waals surface area contributed by atoms with Gasteiger partial charge in [0.2, 0.25) is 0 Å². The van der Waals surface area contributed by atoms with Crippen molar-refractivity contribution in [1.82, 2.24) is 0 Å². The molecule has 1 nitrogen and oxygen atoms in total. The van der Waals surface area contributed by atoms with Crippen LogP contribution in [0.4, 0.5) is 0 Å². The second kappa shape index (κ2) is 7.75. The SMILES string of the molecule is CC(CO)C[P+](c1ccccc1)(c1ccccc1)c1ccccc1. The lowest BCUT2D eigenvalue weighted by molar-refractivity contribution is 0.250. The number of hydrogen-bond donors (Lipinski definition) is 1. The molecular weight excluding hydrogens is 311 g/mol. The second-order valence-electron chi connectivity index (χ2n) is 6.29. The Bertz CT molecular complexity index is 644. The van der Waals surface area contributed by atoms with Crippen molar-refractivity contribution >= 4 is 23.2 Å². The van der Waals surface area contributed by atoms with Crippen LogP contribution in [0.5, 0.6) is 0 Å². The van der Waals surface area contributed by atoms with Crippen LogP contribution in [-0.2, 0) is 0 Å². The van der Waals surface area contributed by atoms with Crippen molar-refractivity contribution in [2.75, 3.05) is 12.8 Å². The van der Waals surface area contributed by atoms with Crippen molar-refractivity contribution in [3.05, 3.63) is 91.0 Å². The molecule has 1 unspecified atom stereocenters. The zero-order valence-corrected chi connectivity index (χ0v) is 14.9. The molecule has 0 aliphatic carbocycles. The fourth-order valence-corrected chi connectivity index (χ4v) is 7.96. The highest BCUT2D eigenvalue weighted by Crippen LogP contribution is 2.56. The largest absolute Gasteiger partial charge is 0.396 e. The highest BCUT2D eigenvalue weighted by molar-refractivity contribution is 7.95. The minimum Gasteiger partial charge on any atom is -0.396 e. The minimum atomic E-state index is -1.79. The van der Waals surface area contributed by atoms with Crippen LogP contribution in [0, 0.1) is 5.92 Å². The van der Waals surface area contributed by atoms with Crippen molar-refractivity contribution in [3.63, 3.8) is 0 Å². The Morgan fingerprint density at radius 2 is 1.00 bits per heavy atom. The molecule has 0 fully saturated rings. The molecule has 1 atom stereocenters. The van der Waals surface area contributed by atoms with E-state index >= 15 is 0 Å². The minimum absolute atomic E-state index is 0.217. The van der Waals surface area contributed by atoms with Crippen LogP contribution in [0.1, 0.15) is 6.92 Å². The molecule has 0 aliphatic rings. The van der Waals surface area contributed by atoms with E-state index in [-0.39, 0.29) is 12.5 Å². The van der Waals surface area contributed by atoms with E-state index in [1.165, 1.54) is 15.9 Å². The Balaban J connectivity index is 2.28. The predicted octanol–water partition coefficient (Wildman–Crippen LogP) is 3.61. The monoisotopic (exact) mass is 335 g/mol. The summed E-state index contributed by atoms with van der Waals surface area (Å²) in [6.07, 6.45) is 0.974. The van der Waals surface area contributed by atoms with Crippen LogP contribution in [0.3, 0.4) is 0 Å². The molecule has 0 bridgehead atoms. The summed E-state index contributed by atoms with van der Waals surface area (Å²) < 4.78 is 0. The van der Waals surface area contributed by atoms with Gasteiger partial charge in [-0.1, -0.05) is 61.5 Å². The first-order valence-electron chi connectivity index (χ1n) is 8.43. The molecule has 0 saturated heterocycles. The molecule has 1 N–H and O–H groups in total. The van der Waals surface area contributed by atoms with Crippen molar-refractivity contribution in [3.8, 4) is 0 Å². The van der Waals surface area contributed by atoms with Gasteiger partial charge in [0.25, 0.3) is 0 Å². The molecular formula is C22H24OP+. The molecule has 0 heterocycles. The summed E-state index contributed by atoms with van der Waals surface area (Å²) in [6.45, 7) is 2.36. The Labute approximate surface area is 145 Å². The van der Waals surface area contributed by atoms with Gasteiger partial charge in [0.05, 0.1) is 6.16 Å². The average Bonchev–Trinajstić information content (AvgIpc) is 2.68. The molecule has 3 rings (SSSR count). The van der Waals surface area contributed by atoms with Crippen LogP contribution in [0.25, 0.3) is 0 Å². The van der Waals surface area contributed by atoms with E-state index in [4.69, 9.17) is 0 Å². The van der Waals surface area contributed by atoms with Gasteiger partial charge in [-0.05, 0) is 36.4 Å². The summed E-state index contributed by atoms with van der Waals surface area (Å²) in [7, 11) is -1.79. The number of hydrogen-bond acceptors (Lipinski definition) is 1. The van der Waals surface area contributed by atoms with Crippen molar-refractivity contribution < 1.29 is 5.11 Å². The van der Waals surface area contributed by atoms with E-state index < -0.39 is 7.26 Å². The fourth-order valence-electron chi connectivity index (χ4n) is 3.34. The quantitative estimate of drug-likeness (QED) is 0.682. The highest BCUT2D eigenvalue weighted by Gasteiger charge is 2.45. The first-order chi connectivity index (χ1) is 11.8. The third kappa shape index (κ3) is 3.29. The van der Waals surface area contributed by atoms with E-state index in [2.05, 4.69) is 97.9 Å². The lowest BCUT2D eigenvalue weighted by atomic mass is 10.2. The van der Waals surface area contributed by atoms with Gasteiger partial charge in [-0.25, -0.2) is 0 Å². The number of aliphatic hydroxyl groups excluding tert-OH is 1. The maximum absolute atomic E-state index is 9.76. The van der Waals surface area contributed by atoms with Gasteiger partial charge in [0, 0.05) is 12.5 Å². The van der Waals surface area contributed by atoms with Crippen LogP contribution < -0.4 is 15.9 Å². The van der Waals surface area contributed by atoms with Gasteiger partial charge in [-0.15, -0.1) is 0 Å². The molecule has 0 aliphatic heterocycles. The van der Waals surface area contributed by atoms with Crippen LogP contribution >= 0.6 is 7.26 Å². The zero-order chi connectivity index (χ0) is 16.8. The lowest BCUT2D eigenvalue weighted by Gasteiger charge is -2.29. The normalized spacial score (nSPS) is 12.8. The summed E-state index contributed by atoms with van der Waals surface area (Å²) in [6, 6.07) is 32.5. The van der Waals surface area contributed by atoms with E-state index in [1.807, 2.05) is 0 Å². The predicted molar refractivity (Wildman–Crippen MR) is 106 cm³/mol. The number of aliphatic hydroxyl groups is 1. The Morgan fingerprint density at radius 3 is 1.29 bits per heavy atom. The molecule has 0 radical (unpaired) electrons. The van der Waals surface area contributed by atoms with Crippen molar-refractivity contribution in [1.29, 1.82) is 0 Å². The molecule has 122 valence electrons. The smallest absolute Gasteiger partial charge is 0.112 e. The van der Waals surface area contributed by atoms with Gasteiger partial charge in [-0.2, -0.15) is 0 Å². The molecule has 3 aromatic carbocycles. The molecule has 0 saturated carbocycles. The number of benzene rings is 3. The first kappa shape index (κ1) is 16.9. The van der Waals surface area contributed by atoms with Gasteiger partial charge in [0.15, 0.2) is 0 Å². The number of rotatable bonds is 6. The topological polar surface area (TPSA) is 20.2 Å². The van der Waals surface area contributed by atoms with Crippen molar-refractivity contribution in [2.24, 2.45) is 5.92 Å². The summed E-state index contributed by atoms with van der Waals surface area (Å²) in [5.74, 6) is 0.249. The molecule has 24 heavy (non-hydrogen) atoms. The van der Waals surface area contributed by atoms with E-state index in [9.17, 15) is 5.11 Å². The van der Waals surface area contributed by atoms with Crippen LogP contribution in [0.2, 0.25) is 0 Å². The third-order valence-electron chi connectivity index (χ3n) is 4.49. The zero-order valence-electron chi connectivity index (χ0n) is 14.0. The highest BCUT2D eigenvalue weighted by atomic mass is 31.2. The second-order valence-corrected chi connectivity index (χ2v) is 9.82. The van der Waals surface area contributed by atoms with Crippen LogP contribution in [0.15, 0.2) is 91.0 Å². The fraction of sp³-hybridized carbons (Fsp3) is 0.182. The Morgan fingerprint density at radius 1 is 0.667 bits per heavy atom. The van der Waals surface area contributed by atoms with Gasteiger partial charge >= 0.3 is 0 Å². The summed E-state index contributed by atoms with van der Waals surface area (Å²) in [5.41, 5.74) is 0. The van der Waals surface area contributed by atoms with E-state index in [0.29, 0.717) is 0 Å². The molecule has 2 heteroatoms. The lowest BCUT2D eigenvalue weighted by Crippen LogP contribution is -2.35. The van der Waals surface area contributed by atoms with E-state index in [0.717, 1.165) is 6.16 Å². The molecule has 0 amide bonds. The summed E-state index contributed by atoms with van der Waals surface area (Å²) >= 11 is 0. The first-order valence-corrected chi connectivity index (χ1v) is 10.4. The summed E-state index contributed by atoms with van der Waals surface area (Å²) in [4.78, 5) is 0. The Hall–Kier alpha value is -1.95. The molecule has 0 spiro atoms. The maximum Gasteiger partial charge on any atom is 0.112 e. The van der Waals surface area contributed by atoms with E-state index in [1.54, 1.807) is 0 Å². The van der Waals surface area contributed by atoms with Gasteiger partial charge in [0.1, 0.15) is 23.2 Å². The molecule has 3 aromatic rings. The van der Waals surface area contributed by atoms with Gasteiger partial charge in [-0.3, -0.25) is 0 Å².